The number of aromatic nitrogens is 2. The van der Waals surface area contributed by atoms with E-state index in [9.17, 15) is 9.59 Å². The summed E-state index contributed by atoms with van der Waals surface area (Å²) in [7, 11) is 1.74. The van der Waals surface area contributed by atoms with Gasteiger partial charge in [-0.2, -0.15) is 0 Å². The molecule has 0 unspecified atom stereocenters. The van der Waals surface area contributed by atoms with Gasteiger partial charge in [0.2, 0.25) is 5.91 Å². The fraction of sp³-hybridized carbons (Fsp3) is 0.455. The molecule has 3 N–H and O–H groups in total. The van der Waals surface area contributed by atoms with Gasteiger partial charge < -0.3 is 15.2 Å². The van der Waals surface area contributed by atoms with Crippen molar-refractivity contribution in [1.82, 2.24) is 18.8 Å². The van der Waals surface area contributed by atoms with Crippen molar-refractivity contribution < 1.29 is 4.79 Å². The zero-order valence-electron chi connectivity index (χ0n) is 18.6. The lowest BCUT2D eigenvalue weighted by molar-refractivity contribution is -0.135. The molecule has 0 atom stereocenters. The van der Waals surface area contributed by atoms with Gasteiger partial charge in [-0.15, -0.1) is 12.4 Å². The molecule has 3 heterocycles. The SMILES string of the molecule is Cl.Cn1c(=O)c(CN2CC=C(C(=N)N)S2)nc2cc(C(C)(C)C(=O)N3CCCC3)ccc21. The number of aryl methyl sites for hydroxylation is 1. The Morgan fingerprint density at radius 1 is 1.28 bits per heavy atom. The van der Waals surface area contributed by atoms with Gasteiger partial charge in [0, 0.05) is 26.7 Å². The predicted octanol–water partition coefficient (Wildman–Crippen LogP) is 2.54. The molecule has 0 saturated carbocycles. The molecule has 10 heteroatoms. The van der Waals surface area contributed by atoms with Crippen LogP contribution in [0.25, 0.3) is 11.0 Å². The number of nitrogens with one attached hydrogen (secondary N) is 1. The van der Waals surface area contributed by atoms with Crippen molar-refractivity contribution in [2.75, 3.05) is 19.6 Å². The second-order valence-corrected chi connectivity index (χ2v) is 9.79. The third-order valence-corrected chi connectivity index (χ3v) is 7.21. The van der Waals surface area contributed by atoms with Crippen molar-refractivity contribution in [2.24, 2.45) is 12.8 Å². The van der Waals surface area contributed by atoms with Gasteiger partial charge in [0.15, 0.2) is 0 Å². The van der Waals surface area contributed by atoms with E-state index in [1.165, 1.54) is 11.9 Å². The minimum Gasteiger partial charge on any atom is -0.383 e. The number of rotatable bonds is 5. The summed E-state index contributed by atoms with van der Waals surface area (Å²) in [6, 6.07) is 5.74. The molecule has 2 aliphatic rings. The van der Waals surface area contributed by atoms with Crippen LogP contribution in [0.3, 0.4) is 0 Å². The molecular weight excluding hydrogens is 448 g/mol. The number of fused-ring (bicyclic) bond motifs is 1. The van der Waals surface area contributed by atoms with Gasteiger partial charge in [0.1, 0.15) is 11.5 Å². The molecular formula is C22H29ClN6O2S. The van der Waals surface area contributed by atoms with E-state index in [1.54, 1.807) is 11.6 Å². The van der Waals surface area contributed by atoms with E-state index in [0.717, 1.165) is 37.0 Å². The highest BCUT2D eigenvalue weighted by molar-refractivity contribution is 8.02. The van der Waals surface area contributed by atoms with Gasteiger partial charge in [-0.3, -0.25) is 15.0 Å². The van der Waals surface area contributed by atoms with E-state index in [0.29, 0.717) is 29.2 Å². The van der Waals surface area contributed by atoms with Crippen molar-refractivity contribution in [3.05, 3.63) is 50.8 Å². The zero-order chi connectivity index (χ0) is 22.3. The summed E-state index contributed by atoms with van der Waals surface area (Å²) in [5, 5.41) is 7.57. The largest absolute Gasteiger partial charge is 0.383 e. The molecule has 8 nitrogen and oxygen atoms in total. The first-order chi connectivity index (χ1) is 14.7. The van der Waals surface area contributed by atoms with E-state index < -0.39 is 5.41 Å². The van der Waals surface area contributed by atoms with Crippen LogP contribution in [-0.4, -0.2) is 50.1 Å². The van der Waals surface area contributed by atoms with E-state index in [1.807, 2.05) is 47.3 Å². The fourth-order valence-corrected chi connectivity index (χ4v) is 5.01. The summed E-state index contributed by atoms with van der Waals surface area (Å²) >= 11 is 1.37. The van der Waals surface area contributed by atoms with Crippen molar-refractivity contribution in [3.8, 4) is 0 Å². The van der Waals surface area contributed by atoms with Crippen molar-refractivity contribution in [2.45, 2.75) is 38.6 Å². The van der Waals surface area contributed by atoms with Gasteiger partial charge in [0.05, 0.1) is 27.9 Å². The summed E-state index contributed by atoms with van der Waals surface area (Å²) in [4.78, 5) is 33.3. The lowest BCUT2D eigenvalue weighted by Gasteiger charge is -2.29. The van der Waals surface area contributed by atoms with Crippen LogP contribution in [0.5, 0.6) is 0 Å². The summed E-state index contributed by atoms with van der Waals surface area (Å²) in [5.41, 5.74) is 7.50. The van der Waals surface area contributed by atoms with Crippen molar-refractivity contribution in [1.29, 1.82) is 5.41 Å². The summed E-state index contributed by atoms with van der Waals surface area (Å²) in [5.74, 6) is 0.159. The molecule has 4 rings (SSSR count). The van der Waals surface area contributed by atoms with Crippen LogP contribution in [0.1, 0.15) is 37.9 Å². The van der Waals surface area contributed by atoms with Crippen LogP contribution in [-0.2, 0) is 23.8 Å². The highest BCUT2D eigenvalue weighted by Crippen LogP contribution is 2.30. The van der Waals surface area contributed by atoms with Crippen LogP contribution in [0.15, 0.2) is 34.0 Å². The Morgan fingerprint density at radius 3 is 2.59 bits per heavy atom. The summed E-state index contributed by atoms with van der Waals surface area (Å²) in [6.07, 6.45) is 3.99. The minimum absolute atomic E-state index is 0. The van der Waals surface area contributed by atoms with Crippen LogP contribution < -0.4 is 11.3 Å². The number of benzene rings is 1. The maximum atomic E-state index is 13.1. The first kappa shape index (κ1) is 24.3. The van der Waals surface area contributed by atoms with Crippen molar-refractivity contribution >= 4 is 47.1 Å². The standard InChI is InChI=1S/C22H28N6O2S.ClH/c1-22(2,21(30)27-9-4-5-10-27)14-6-7-17-15(12-14)25-16(20(29)26(17)3)13-28-11-8-18(31-28)19(23)24;/h6-8,12H,4-5,9-11,13H2,1-3H3,(H3,23,24);1H. The third kappa shape index (κ3) is 4.42. The Morgan fingerprint density at radius 2 is 1.97 bits per heavy atom. The van der Waals surface area contributed by atoms with Crippen LogP contribution >= 0.6 is 24.4 Å². The van der Waals surface area contributed by atoms with Gasteiger partial charge in [-0.1, -0.05) is 12.1 Å². The quantitative estimate of drug-likeness (QED) is 0.390. The lowest BCUT2D eigenvalue weighted by atomic mass is 9.83. The van der Waals surface area contributed by atoms with Crippen molar-refractivity contribution in [3.63, 3.8) is 0 Å². The number of carbonyl (C=O) groups is 1. The van der Waals surface area contributed by atoms with E-state index in [-0.39, 0.29) is 29.7 Å². The van der Waals surface area contributed by atoms with Crippen LogP contribution in [0.2, 0.25) is 0 Å². The highest BCUT2D eigenvalue weighted by atomic mass is 35.5. The third-order valence-electron chi connectivity index (χ3n) is 6.09. The summed E-state index contributed by atoms with van der Waals surface area (Å²) in [6.45, 7) is 6.48. The zero-order valence-corrected chi connectivity index (χ0v) is 20.2. The first-order valence-electron chi connectivity index (χ1n) is 10.5. The Kier molecular flexibility index (Phi) is 7.02. The minimum atomic E-state index is -0.666. The topological polar surface area (TPSA) is 108 Å². The molecule has 2 aromatic rings. The van der Waals surface area contributed by atoms with Gasteiger partial charge >= 0.3 is 0 Å². The number of halogens is 1. The second-order valence-electron chi connectivity index (χ2n) is 8.65. The molecule has 1 aromatic carbocycles. The molecule has 2 aliphatic heterocycles. The molecule has 172 valence electrons. The second kappa shape index (κ2) is 9.25. The Hall–Kier alpha value is -2.36. The number of hydrogen-bond donors (Lipinski definition) is 2. The lowest BCUT2D eigenvalue weighted by Crippen LogP contribution is -2.42. The Bertz CT molecular complexity index is 1150. The number of carbonyl (C=O) groups excluding carboxylic acids is 1. The van der Waals surface area contributed by atoms with Gasteiger partial charge in [-0.25, -0.2) is 9.29 Å². The number of nitrogens with zero attached hydrogens (tertiary/aromatic N) is 4. The van der Waals surface area contributed by atoms with E-state index in [2.05, 4.69) is 4.98 Å². The first-order valence-corrected chi connectivity index (χ1v) is 11.2. The monoisotopic (exact) mass is 476 g/mol. The normalized spacial score (nSPS) is 16.8. The van der Waals surface area contributed by atoms with E-state index in [4.69, 9.17) is 11.1 Å². The molecule has 1 saturated heterocycles. The fourth-order valence-electron chi connectivity index (χ4n) is 4.14. The molecule has 32 heavy (non-hydrogen) atoms. The van der Waals surface area contributed by atoms with Gasteiger partial charge in [-0.05, 0) is 56.3 Å². The molecule has 1 aromatic heterocycles. The average Bonchev–Trinajstić information content (AvgIpc) is 3.43. The highest BCUT2D eigenvalue weighted by Gasteiger charge is 2.35. The predicted molar refractivity (Wildman–Crippen MR) is 131 cm³/mol. The number of hydrogen-bond acceptors (Lipinski definition) is 6. The molecule has 0 spiro atoms. The maximum Gasteiger partial charge on any atom is 0.273 e. The molecule has 0 radical (unpaired) electrons. The number of nitrogens with two attached hydrogens (primary N) is 1. The maximum absolute atomic E-state index is 13.1. The molecule has 0 aliphatic carbocycles. The molecule has 0 bridgehead atoms. The Labute approximate surface area is 197 Å². The number of likely N-dealkylation sites (tertiary alicyclic amines) is 1. The molecule has 1 amide bonds. The number of amidine groups is 1. The van der Waals surface area contributed by atoms with Crippen LogP contribution in [0.4, 0.5) is 0 Å². The van der Waals surface area contributed by atoms with E-state index >= 15 is 0 Å². The smallest absolute Gasteiger partial charge is 0.273 e. The molecule has 1 fully saturated rings. The Balaban J connectivity index is 0.00000289. The number of amides is 1. The average molecular weight is 477 g/mol. The van der Waals surface area contributed by atoms with Gasteiger partial charge in [0.25, 0.3) is 5.56 Å². The summed E-state index contributed by atoms with van der Waals surface area (Å²) < 4.78 is 3.56. The van der Waals surface area contributed by atoms with Crippen LogP contribution in [0, 0.1) is 5.41 Å².